The van der Waals surface area contributed by atoms with Crippen molar-refractivity contribution in [3.05, 3.63) is 65.6 Å². The lowest BCUT2D eigenvalue weighted by molar-refractivity contribution is -0.115. The summed E-state index contributed by atoms with van der Waals surface area (Å²) in [5.74, 6) is -0.248. The van der Waals surface area contributed by atoms with Crippen LogP contribution >= 0.6 is 12.2 Å². The van der Waals surface area contributed by atoms with Crippen LogP contribution in [0.15, 0.2) is 53.2 Å². The van der Waals surface area contributed by atoms with Gasteiger partial charge in [0, 0.05) is 11.6 Å². The summed E-state index contributed by atoms with van der Waals surface area (Å²) in [5, 5.41) is 2.40. The molecule has 6 nitrogen and oxygen atoms in total. The molecule has 0 aliphatic rings. The van der Waals surface area contributed by atoms with E-state index in [1.165, 1.54) is 18.4 Å². The molecule has 0 spiro atoms. The number of benzene rings is 1. The zero-order chi connectivity index (χ0) is 19.2. The Labute approximate surface area is 157 Å². The van der Waals surface area contributed by atoms with E-state index in [1.54, 1.807) is 24.3 Å². The fourth-order valence-corrected chi connectivity index (χ4v) is 2.19. The number of carbonyl (C=O) groups is 2. The highest BCUT2D eigenvalue weighted by Crippen LogP contribution is 2.22. The number of nitrogens with one attached hydrogen (secondary N) is 3. The number of carbonyl (C=O) groups excluding carboxylic acids is 2. The van der Waals surface area contributed by atoms with E-state index >= 15 is 0 Å². The molecule has 0 radical (unpaired) electrons. The summed E-state index contributed by atoms with van der Waals surface area (Å²) in [6.45, 7) is 6.31. The Morgan fingerprint density at radius 1 is 1.08 bits per heavy atom. The molecule has 1 aromatic heterocycles. The van der Waals surface area contributed by atoms with Crippen LogP contribution in [0.25, 0.3) is 6.08 Å². The number of furan rings is 1. The molecule has 7 heteroatoms. The van der Waals surface area contributed by atoms with Crippen LogP contribution in [-0.2, 0) is 10.2 Å². The Kier molecular flexibility index (Phi) is 6.30. The van der Waals surface area contributed by atoms with E-state index in [2.05, 4.69) is 36.9 Å². The predicted octanol–water partition coefficient (Wildman–Crippen LogP) is 2.93. The summed E-state index contributed by atoms with van der Waals surface area (Å²) >= 11 is 4.97. The van der Waals surface area contributed by atoms with Gasteiger partial charge in [0.1, 0.15) is 5.76 Å². The molecule has 3 N–H and O–H groups in total. The van der Waals surface area contributed by atoms with Gasteiger partial charge in [-0.15, -0.1) is 0 Å². The Morgan fingerprint density at radius 3 is 2.35 bits per heavy atom. The maximum atomic E-state index is 12.1. The molecule has 0 unspecified atom stereocenters. The zero-order valence-electron chi connectivity index (χ0n) is 14.8. The molecule has 0 aliphatic heterocycles. The third-order valence-electron chi connectivity index (χ3n) is 3.48. The number of hydrogen-bond acceptors (Lipinski definition) is 4. The minimum atomic E-state index is -0.442. The first kappa shape index (κ1) is 19.4. The monoisotopic (exact) mass is 371 g/mol. The Bertz CT molecular complexity index is 804. The van der Waals surface area contributed by atoms with Gasteiger partial charge in [-0.3, -0.25) is 25.8 Å². The van der Waals surface area contributed by atoms with Crippen molar-refractivity contribution >= 4 is 35.2 Å². The molecule has 136 valence electrons. The summed E-state index contributed by atoms with van der Waals surface area (Å²) in [5.41, 5.74) is 6.57. The SMILES string of the molecule is CC(C)(C)c1ccc(C(=O)NNC(=S)NC(=O)/C=C/c2ccco2)cc1. The quantitative estimate of drug-likeness (QED) is 0.439. The van der Waals surface area contributed by atoms with Crippen molar-refractivity contribution in [2.45, 2.75) is 26.2 Å². The smallest absolute Gasteiger partial charge is 0.269 e. The Hall–Kier alpha value is -2.93. The number of hydrazine groups is 1. The lowest BCUT2D eigenvalue weighted by Crippen LogP contribution is -2.48. The van der Waals surface area contributed by atoms with Crippen molar-refractivity contribution in [3.63, 3.8) is 0 Å². The van der Waals surface area contributed by atoms with Crippen LogP contribution in [0.1, 0.15) is 42.5 Å². The van der Waals surface area contributed by atoms with Gasteiger partial charge in [0.2, 0.25) is 5.91 Å². The topological polar surface area (TPSA) is 83.4 Å². The molecule has 2 aromatic rings. The molecule has 26 heavy (non-hydrogen) atoms. The highest BCUT2D eigenvalue weighted by Gasteiger charge is 2.14. The number of rotatable bonds is 3. The number of thiocarbonyl (C=S) groups is 1. The van der Waals surface area contributed by atoms with Crippen LogP contribution in [0.3, 0.4) is 0 Å². The molecular formula is C19H21N3O3S. The van der Waals surface area contributed by atoms with Gasteiger partial charge >= 0.3 is 0 Å². The largest absolute Gasteiger partial charge is 0.465 e. The third-order valence-corrected chi connectivity index (χ3v) is 3.69. The second kappa shape index (κ2) is 8.44. The van der Waals surface area contributed by atoms with E-state index in [1.807, 2.05) is 12.1 Å². The van der Waals surface area contributed by atoms with Crippen LogP contribution in [-0.4, -0.2) is 16.9 Å². The van der Waals surface area contributed by atoms with Crippen molar-refractivity contribution < 1.29 is 14.0 Å². The normalized spacial score (nSPS) is 11.2. The molecule has 0 aliphatic carbocycles. The van der Waals surface area contributed by atoms with Crippen LogP contribution in [0, 0.1) is 0 Å². The average Bonchev–Trinajstić information content (AvgIpc) is 3.11. The van der Waals surface area contributed by atoms with Gasteiger partial charge in [-0.1, -0.05) is 32.9 Å². The van der Waals surface area contributed by atoms with Crippen LogP contribution in [0.2, 0.25) is 0 Å². The van der Waals surface area contributed by atoms with Crippen molar-refractivity contribution in [2.24, 2.45) is 0 Å². The highest BCUT2D eigenvalue weighted by molar-refractivity contribution is 7.80. The van der Waals surface area contributed by atoms with Gasteiger partial charge in [0.25, 0.3) is 5.91 Å². The molecule has 0 atom stereocenters. The number of hydrogen-bond donors (Lipinski definition) is 3. The van der Waals surface area contributed by atoms with Crippen molar-refractivity contribution in [1.29, 1.82) is 0 Å². The molecular weight excluding hydrogens is 350 g/mol. The highest BCUT2D eigenvalue weighted by atomic mass is 32.1. The third kappa shape index (κ3) is 5.86. The van der Waals surface area contributed by atoms with Gasteiger partial charge in [-0.25, -0.2) is 0 Å². The second-order valence-corrected chi connectivity index (χ2v) is 6.98. The maximum Gasteiger partial charge on any atom is 0.269 e. The van der Waals surface area contributed by atoms with Gasteiger partial charge in [-0.05, 0) is 53.5 Å². The molecule has 1 heterocycles. The standard InChI is InChI=1S/C19H21N3O3S/c1-19(2,3)14-8-6-13(7-9-14)17(24)21-22-18(26)20-16(23)11-10-15-5-4-12-25-15/h4-12H,1-3H3,(H,21,24)(H2,20,22,23,26)/b11-10+. The second-order valence-electron chi connectivity index (χ2n) is 6.57. The summed E-state index contributed by atoms with van der Waals surface area (Å²) in [7, 11) is 0. The van der Waals surface area contributed by atoms with Crippen molar-refractivity contribution in [3.8, 4) is 0 Å². The van der Waals surface area contributed by atoms with Gasteiger partial charge < -0.3 is 4.42 Å². The molecule has 0 bridgehead atoms. The molecule has 1 aromatic carbocycles. The lowest BCUT2D eigenvalue weighted by Gasteiger charge is -2.19. The van der Waals surface area contributed by atoms with Gasteiger partial charge in [-0.2, -0.15) is 0 Å². The molecule has 0 saturated heterocycles. The molecule has 0 saturated carbocycles. The van der Waals surface area contributed by atoms with E-state index in [0.717, 1.165) is 5.56 Å². The predicted molar refractivity (Wildman–Crippen MR) is 104 cm³/mol. The van der Waals surface area contributed by atoms with E-state index in [9.17, 15) is 9.59 Å². The van der Waals surface area contributed by atoms with Crippen molar-refractivity contribution in [1.82, 2.24) is 16.2 Å². The Balaban J connectivity index is 1.81. The molecule has 2 rings (SSSR count). The first-order valence-electron chi connectivity index (χ1n) is 7.99. The van der Waals surface area contributed by atoms with E-state index < -0.39 is 5.91 Å². The Morgan fingerprint density at radius 2 is 1.77 bits per heavy atom. The first-order valence-corrected chi connectivity index (χ1v) is 8.40. The summed E-state index contributed by atoms with van der Waals surface area (Å²) < 4.78 is 5.07. The van der Waals surface area contributed by atoms with Gasteiger partial charge in [0.05, 0.1) is 6.26 Å². The fraction of sp³-hybridized carbons (Fsp3) is 0.211. The minimum Gasteiger partial charge on any atom is -0.465 e. The molecule has 0 fully saturated rings. The molecule has 2 amide bonds. The lowest BCUT2D eigenvalue weighted by atomic mass is 9.87. The summed E-state index contributed by atoms with van der Waals surface area (Å²) in [4.78, 5) is 23.8. The van der Waals surface area contributed by atoms with Crippen molar-refractivity contribution in [2.75, 3.05) is 0 Å². The first-order chi connectivity index (χ1) is 12.3. The summed E-state index contributed by atoms with van der Waals surface area (Å²) in [6.07, 6.45) is 4.29. The van der Waals surface area contributed by atoms with E-state index in [0.29, 0.717) is 11.3 Å². The fourth-order valence-electron chi connectivity index (χ4n) is 2.04. The van der Waals surface area contributed by atoms with Crippen LogP contribution < -0.4 is 16.2 Å². The zero-order valence-corrected chi connectivity index (χ0v) is 15.6. The summed E-state index contributed by atoms with van der Waals surface area (Å²) in [6, 6.07) is 10.7. The van der Waals surface area contributed by atoms with Gasteiger partial charge in [0.15, 0.2) is 5.11 Å². The van der Waals surface area contributed by atoms with E-state index in [-0.39, 0.29) is 16.4 Å². The van der Waals surface area contributed by atoms with Crippen LogP contribution in [0.4, 0.5) is 0 Å². The maximum absolute atomic E-state index is 12.1. The minimum absolute atomic E-state index is 0.0150. The van der Waals surface area contributed by atoms with E-state index in [4.69, 9.17) is 16.6 Å². The average molecular weight is 371 g/mol. The number of amides is 2. The van der Waals surface area contributed by atoms with Crippen LogP contribution in [0.5, 0.6) is 0 Å².